The summed E-state index contributed by atoms with van der Waals surface area (Å²) >= 11 is 0. The van der Waals surface area contributed by atoms with Crippen molar-refractivity contribution < 1.29 is 0 Å². The van der Waals surface area contributed by atoms with Crippen molar-refractivity contribution in [2.24, 2.45) is 5.73 Å². The van der Waals surface area contributed by atoms with Gasteiger partial charge in [-0.25, -0.2) is 10.0 Å². The van der Waals surface area contributed by atoms with E-state index in [1.807, 2.05) is 0 Å². The molecule has 0 bridgehead atoms. The zero-order valence-corrected chi connectivity index (χ0v) is 7.09. The van der Waals surface area contributed by atoms with Crippen LogP contribution in [0, 0.1) is 0 Å². The fraction of sp³-hybridized carbons (Fsp3) is 1.00. The molecule has 8 heavy (non-hydrogen) atoms. The van der Waals surface area contributed by atoms with Crippen LogP contribution in [0.4, 0.5) is 0 Å². The summed E-state index contributed by atoms with van der Waals surface area (Å²) in [5.41, 5.74) is 5.72. The molecule has 0 aromatic carbocycles. The molecule has 0 aliphatic rings. The van der Waals surface area contributed by atoms with Gasteiger partial charge in [0, 0.05) is 5.37 Å². The average Bonchev–Trinajstić information content (AvgIpc) is 1.67. The first-order valence-corrected chi connectivity index (χ1v) is 5.64. The van der Waals surface area contributed by atoms with Crippen LogP contribution in [0.25, 0.3) is 0 Å². The molecule has 2 N–H and O–H groups in total. The van der Waals surface area contributed by atoms with Crippen LogP contribution < -0.4 is 5.73 Å². The third-order valence-electron chi connectivity index (χ3n) is 1.75. The molecular formula is C6H17NS. The minimum Gasteiger partial charge on any atom is -0.321 e. The van der Waals surface area contributed by atoms with E-state index in [1.165, 1.54) is 5.75 Å². The van der Waals surface area contributed by atoms with Gasteiger partial charge in [-0.3, -0.25) is 0 Å². The summed E-state index contributed by atoms with van der Waals surface area (Å²) < 4.78 is 0. The molecule has 0 aromatic rings. The van der Waals surface area contributed by atoms with Gasteiger partial charge in [-0.15, -0.1) is 0 Å². The van der Waals surface area contributed by atoms with Crippen molar-refractivity contribution in [1.29, 1.82) is 0 Å². The molecule has 1 unspecified atom stereocenters. The molecule has 0 saturated heterocycles. The van der Waals surface area contributed by atoms with Gasteiger partial charge < -0.3 is 5.73 Å². The molecule has 0 saturated carbocycles. The minimum atomic E-state index is -0.458. The van der Waals surface area contributed by atoms with Crippen LogP contribution in [-0.2, 0) is 0 Å². The van der Waals surface area contributed by atoms with Crippen molar-refractivity contribution in [1.82, 2.24) is 0 Å². The maximum absolute atomic E-state index is 5.72. The lowest BCUT2D eigenvalue weighted by atomic mass is 10.8. The molecule has 0 spiro atoms. The van der Waals surface area contributed by atoms with Crippen molar-refractivity contribution in [2.45, 2.75) is 19.2 Å². The molecule has 1 nitrogen and oxygen atoms in total. The highest BCUT2D eigenvalue weighted by Crippen LogP contribution is 2.41. The van der Waals surface area contributed by atoms with Crippen molar-refractivity contribution in [3.8, 4) is 0 Å². The van der Waals surface area contributed by atoms with Crippen molar-refractivity contribution in [3.63, 3.8) is 0 Å². The van der Waals surface area contributed by atoms with Gasteiger partial charge in [-0.1, -0.05) is 6.92 Å². The first kappa shape index (κ1) is 8.31. The average molecular weight is 135 g/mol. The molecule has 0 heterocycles. The number of nitrogens with two attached hydrogens (primary N) is 1. The van der Waals surface area contributed by atoms with E-state index < -0.39 is 10.0 Å². The van der Waals surface area contributed by atoms with Crippen molar-refractivity contribution in [2.75, 3.05) is 18.3 Å². The van der Waals surface area contributed by atoms with E-state index in [2.05, 4.69) is 26.4 Å². The highest BCUT2D eigenvalue weighted by molar-refractivity contribution is 8.33. The normalized spacial score (nSPS) is 18.1. The maximum atomic E-state index is 5.72. The zero-order chi connectivity index (χ0) is 6.78. The van der Waals surface area contributed by atoms with Gasteiger partial charge >= 0.3 is 0 Å². The van der Waals surface area contributed by atoms with E-state index in [0.717, 1.165) is 0 Å². The van der Waals surface area contributed by atoms with E-state index in [4.69, 9.17) is 5.73 Å². The van der Waals surface area contributed by atoms with Crippen LogP contribution in [0.3, 0.4) is 0 Å². The highest BCUT2D eigenvalue weighted by atomic mass is 32.3. The second-order valence-corrected chi connectivity index (χ2v) is 7.19. The molecule has 0 radical (unpaired) electrons. The molecule has 0 aromatic heterocycles. The van der Waals surface area contributed by atoms with Crippen LogP contribution in [0.2, 0.25) is 0 Å². The highest BCUT2D eigenvalue weighted by Gasteiger charge is 2.12. The van der Waals surface area contributed by atoms with Gasteiger partial charge in [0.2, 0.25) is 0 Å². The Morgan fingerprint density at radius 1 is 1.50 bits per heavy atom. The third-order valence-corrected chi connectivity index (χ3v) is 5.25. The molecular weight excluding hydrogens is 118 g/mol. The molecule has 52 valence electrons. The number of hydrogen-bond donors (Lipinski definition) is 1. The summed E-state index contributed by atoms with van der Waals surface area (Å²) in [6.45, 7) is 4.30. The third kappa shape index (κ3) is 2.05. The fourth-order valence-corrected chi connectivity index (χ4v) is 0.789. The topological polar surface area (TPSA) is 26.0 Å². The van der Waals surface area contributed by atoms with E-state index in [0.29, 0.717) is 5.37 Å². The maximum Gasteiger partial charge on any atom is 0.0318 e. The first-order chi connectivity index (χ1) is 3.50. The lowest BCUT2D eigenvalue weighted by Crippen LogP contribution is -2.23. The fourth-order valence-electron chi connectivity index (χ4n) is 0.263. The Morgan fingerprint density at radius 2 is 1.88 bits per heavy atom. The summed E-state index contributed by atoms with van der Waals surface area (Å²) in [6, 6.07) is 0. The minimum absolute atomic E-state index is 0.396. The Balaban J connectivity index is 3.71. The summed E-state index contributed by atoms with van der Waals surface area (Å²) in [4.78, 5) is 0. The first-order valence-electron chi connectivity index (χ1n) is 2.96. The van der Waals surface area contributed by atoms with Gasteiger partial charge in [-0.05, 0) is 25.2 Å². The summed E-state index contributed by atoms with van der Waals surface area (Å²) in [5, 5.41) is 0.396. The predicted octanol–water partition coefficient (Wildman–Crippen LogP) is 1.38. The SMILES string of the molecule is CCS(C)(C)C(C)N. The molecule has 0 aliphatic heterocycles. The van der Waals surface area contributed by atoms with Gasteiger partial charge in [0.25, 0.3) is 0 Å². The van der Waals surface area contributed by atoms with E-state index in [-0.39, 0.29) is 0 Å². The van der Waals surface area contributed by atoms with E-state index >= 15 is 0 Å². The molecule has 2 heteroatoms. The van der Waals surface area contributed by atoms with E-state index in [9.17, 15) is 0 Å². The standard InChI is InChI=1S/C6H17NS/c1-5-8(3,4)6(2)7/h6H,5,7H2,1-4H3. The molecule has 0 aliphatic carbocycles. The number of hydrogen-bond acceptors (Lipinski definition) is 1. The lowest BCUT2D eigenvalue weighted by Gasteiger charge is -2.33. The number of rotatable bonds is 2. The second kappa shape index (κ2) is 2.74. The second-order valence-electron chi connectivity index (χ2n) is 2.62. The van der Waals surface area contributed by atoms with Gasteiger partial charge in [0.05, 0.1) is 0 Å². The zero-order valence-electron chi connectivity index (χ0n) is 6.27. The van der Waals surface area contributed by atoms with Crippen LogP contribution in [0.15, 0.2) is 0 Å². The van der Waals surface area contributed by atoms with Gasteiger partial charge in [-0.2, -0.15) is 0 Å². The Kier molecular flexibility index (Phi) is 2.84. The molecule has 0 amide bonds. The van der Waals surface area contributed by atoms with Crippen LogP contribution in [-0.4, -0.2) is 23.6 Å². The van der Waals surface area contributed by atoms with Crippen LogP contribution in [0.1, 0.15) is 13.8 Å². The Bertz CT molecular complexity index is 68.9. The van der Waals surface area contributed by atoms with Crippen LogP contribution >= 0.6 is 10.0 Å². The van der Waals surface area contributed by atoms with Crippen LogP contribution in [0.5, 0.6) is 0 Å². The summed E-state index contributed by atoms with van der Waals surface area (Å²) in [6.07, 6.45) is 4.55. The summed E-state index contributed by atoms with van der Waals surface area (Å²) in [5.74, 6) is 1.24. The van der Waals surface area contributed by atoms with E-state index in [1.54, 1.807) is 0 Å². The monoisotopic (exact) mass is 135 g/mol. The molecule has 0 rings (SSSR count). The quantitative estimate of drug-likeness (QED) is 0.608. The Labute approximate surface area is 54.0 Å². The van der Waals surface area contributed by atoms with Crippen molar-refractivity contribution in [3.05, 3.63) is 0 Å². The summed E-state index contributed by atoms with van der Waals surface area (Å²) in [7, 11) is -0.458. The smallest absolute Gasteiger partial charge is 0.0318 e. The van der Waals surface area contributed by atoms with Crippen molar-refractivity contribution >= 4 is 10.0 Å². The predicted molar refractivity (Wildman–Crippen MR) is 43.6 cm³/mol. The Morgan fingerprint density at radius 3 is 1.88 bits per heavy atom. The molecule has 1 atom stereocenters. The Hall–Kier alpha value is 0.310. The molecule has 0 fully saturated rings. The van der Waals surface area contributed by atoms with Gasteiger partial charge in [0.15, 0.2) is 0 Å². The lowest BCUT2D eigenvalue weighted by molar-refractivity contribution is 1.02. The largest absolute Gasteiger partial charge is 0.321 e. The van der Waals surface area contributed by atoms with Gasteiger partial charge in [0.1, 0.15) is 0 Å².